The minimum Gasteiger partial charge on any atom is -0.478 e. The van der Waals surface area contributed by atoms with Crippen molar-refractivity contribution >= 4 is 11.8 Å². The SMILES string of the molecule is Cc1ccc(C(=O)O)c(N2CCN(CC(C)C)CC2)n1. The average Bonchev–Trinajstić information content (AvgIpc) is 2.38. The molecule has 0 saturated carbocycles. The monoisotopic (exact) mass is 277 g/mol. The van der Waals surface area contributed by atoms with Crippen molar-refractivity contribution in [2.24, 2.45) is 5.92 Å². The van der Waals surface area contributed by atoms with E-state index in [0.29, 0.717) is 17.3 Å². The van der Waals surface area contributed by atoms with Gasteiger partial charge in [0.25, 0.3) is 0 Å². The van der Waals surface area contributed by atoms with Crippen LogP contribution in [0.2, 0.25) is 0 Å². The van der Waals surface area contributed by atoms with E-state index < -0.39 is 5.97 Å². The first kappa shape index (κ1) is 14.8. The van der Waals surface area contributed by atoms with E-state index in [1.54, 1.807) is 12.1 Å². The summed E-state index contributed by atoms with van der Waals surface area (Å²) in [4.78, 5) is 20.3. The highest BCUT2D eigenvalue weighted by Crippen LogP contribution is 2.20. The second kappa shape index (κ2) is 6.22. The first-order valence-electron chi connectivity index (χ1n) is 7.15. The Balaban J connectivity index is 2.10. The molecule has 1 aromatic heterocycles. The predicted molar refractivity (Wildman–Crippen MR) is 79.4 cm³/mol. The van der Waals surface area contributed by atoms with Crippen molar-refractivity contribution in [3.05, 3.63) is 23.4 Å². The number of nitrogens with zero attached hydrogens (tertiary/aromatic N) is 3. The van der Waals surface area contributed by atoms with Crippen LogP contribution < -0.4 is 4.90 Å². The van der Waals surface area contributed by atoms with Gasteiger partial charge < -0.3 is 10.0 Å². The van der Waals surface area contributed by atoms with Crippen LogP contribution in [0.25, 0.3) is 0 Å². The fourth-order valence-electron chi connectivity index (χ4n) is 2.61. The first-order chi connectivity index (χ1) is 9.47. The molecule has 0 unspecified atom stereocenters. The Morgan fingerprint density at radius 1 is 1.30 bits per heavy atom. The summed E-state index contributed by atoms with van der Waals surface area (Å²) < 4.78 is 0. The van der Waals surface area contributed by atoms with Crippen LogP contribution in [0, 0.1) is 12.8 Å². The lowest BCUT2D eigenvalue weighted by atomic mass is 10.1. The molecule has 1 fully saturated rings. The first-order valence-corrected chi connectivity index (χ1v) is 7.15. The number of carboxylic acid groups (broad SMARTS) is 1. The summed E-state index contributed by atoms with van der Waals surface area (Å²) in [7, 11) is 0. The summed E-state index contributed by atoms with van der Waals surface area (Å²) in [5.41, 5.74) is 1.16. The van der Waals surface area contributed by atoms with Gasteiger partial charge in [0.05, 0.1) is 0 Å². The average molecular weight is 277 g/mol. The quantitative estimate of drug-likeness (QED) is 0.910. The summed E-state index contributed by atoms with van der Waals surface area (Å²) in [6.45, 7) is 11.0. The number of aromatic carboxylic acids is 1. The Morgan fingerprint density at radius 2 is 1.95 bits per heavy atom. The van der Waals surface area contributed by atoms with Crippen LogP contribution in [-0.2, 0) is 0 Å². The van der Waals surface area contributed by atoms with Gasteiger partial charge in [-0.05, 0) is 25.0 Å². The Hall–Kier alpha value is -1.62. The molecule has 0 aliphatic carbocycles. The van der Waals surface area contributed by atoms with Crippen molar-refractivity contribution in [1.29, 1.82) is 0 Å². The summed E-state index contributed by atoms with van der Waals surface area (Å²) in [5.74, 6) is 0.368. The van der Waals surface area contributed by atoms with Crippen LogP contribution >= 0.6 is 0 Å². The van der Waals surface area contributed by atoms with E-state index in [1.165, 1.54) is 0 Å². The molecule has 1 saturated heterocycles. The van der Waals surface area contributed by atoms with Gasteiger partial charge in [-0.15, -0.1) is 0 Å². The molecular formula is C15H23N3O2. The molecule has 20 heavy (non-hydrogen) atoms. The Morgan fingerprint density at radius 3 is 2.50 bits per heavy atom. The largest absolute Gasteiger partial charge is 0.478 e. The van der Waals surface area contributed by atoms with Gasteiger partial charge >= 0.3 is 5.97 Å². The highest BCUT2D eigenvalue weighted by Gasteiger charge is 2.22. The van der Waals surface area contributed by atoms with Gasteiger partial charge in [-0.25, -0.2) is 9.78 Å². The van der Waals surface area contributed by atoms with E-state index in [0.717, 1.165) is 38.4 Å². The van der Waals surface area contributed by atoms with Gasteiger partial charge in [0.2, 0.25) is 0 Å². The van der Waals surface area contributed by atoms with E-state index in [2.05, 4.69) is 28.6 Å². The molecule has 0 radical (unpaired) electrons. The number of aromatic nitrogens is 1. The zero-order valence-electron chi connectivity index (χ0n) is 12.5. The third-order valence-corrected chi connectivity index (χ3v) is 3.54. The van der Waals surface area contributed by atoms with Crippen molar-refractivity contribution in [3.63, 3.8) is 0 Å². The number of carboxylic acids is 1. The molecule has 5 heteroatoms. The molecule has 2 heterocycles. The summed E-state index contributed by atoms with van der Waals surface area (Å²) in [6, 6.07) is 3.41. The van der Waals surface area contributed by atoms with Gasteiger partial charge in [-0.3, -0.25) is 4.90 Å². The van der Waals surface area contributed by atoms with Crippen LogP contribution in [-0.4, -0.2) is 53.7 Å². The number of aryl methyl sites for hydroxylation is 1. The second-order valence-corrected chi connectivity index (χ2v) is 5.81. The summed E-state index contributed by atoms with van der Waals surface area (Å²) in [6.07, 6.45) is 0. The molecule has 1 aromatic rings. The second-order valence-electron chi connectivity index (χ2n) is 5.81. The lowest BCUT2D eigenvalue weighted by molar-refractivity contribution is 0.0697. The predicted octanol–water partition coefficient (Wildman–Crippen LogP) is 1.87. The van der Waals surface area contributed by atoms with Crippen molar-refractivity contribution in [2.45, 2.75) is 20.8 Å². The summed E-state index contributed by atoms with van der Waals surface area (Å²) >= 11 is 0. The molecule has 110 valence electrons. The van der Waals surface area contributed by atoms with Crippen LogP contribution in [0.1, 0.15) is 29.9 Å². The van der Waals surface area contributed by atoms with Gasteiger partial charge in [0, 0.05) is 38.4 Å². The highest BCUT2D eigenvalue weighted by molar-refractivity contribution is 5.93. The van der Waals surface area contributed by atoms with Gasteiger partial charge in [-0.2, -0.15) is 0 Å². The molecular weight excluding hydrogens is 254 g/mol. The molecule has 1 N–H and O–H groups in total. The van der Waals surface area contributed by atoms with E-state index in [9.17, 15) is 9.90 Å². The zero-order valence-corrected chi connectivity index (χ0v) is 12.5. The van der Waals surface area contributed by atoms with Crippen molar-refractivity contribution in [1.82, 2.24) is 9.88 Å². The van der Waals surface area contributed by atoms with Crippen LogP contribution in [0.15, 0.2) is 12.1 Å². The molecule has 5 nitrogen and oxygen atoms in total. The van der Waals surface area contributed by atoms with Crippen molar-refractivity contribution in [3.8, 4) is 0 Å². The maximum atomic E-state index is 11.3. The number of hydrogen-bond acceptors (Lipinski definition) is 4. The lowest BCUT2D eigenvalue weighted by Crippen LogP contribution is -2.48. The molecule has 0 spiro atoms. The molecule has 0 aromatic carbocycles. The smallest absolute Gasteiger partial charge is 0.339 e. The van der Waals surface area contributed by atoms with Gasteiger partial charge in [0.1, 0.15) is 11.4 Å². The number of hydrogen-bond donors (Lipinski definition) is 1. The molecule has 1 aliphatic heterocycles. The highest BCUT2D eigenvalue weighted by atomic mass is 16.4. The standard InChI is InChI=1S/C15H23N3O2/c1-11(2)10-17-6-8-18(9-7-17)14-13(15(19)20)5-4-12(3)16-14/h4-5,11H,6-10H2,1-3H3,(H,19,20). The van der Waals surface area contributed by atoms with E-state index in [1.807, 2.05) is 6.92 Å². The van der Waals surface area contributed by atoms with Crippen molar-refractivity contribution in [2.75, 3.05) is 37.6 Å². The molecule has 2 rings (SSSR count). The molecule has 1 aliphatic rings. The molecule has 0 atom stereocenters. The maximum absolute atomic E-state index is 11.3. The van der Waals surface area contributed by atoms with E-state index in [-0.39, 0.29) is 0 Å². The lowest BCUT2D eigenvalue weighted by Gasteiger charge is -2.36. The van der Waals surface area contributed by atoms with Crippen LogP contribution in [0.5, 0.6) is 0 Å². The fraction of sp³-hybridized carbons (Fsp3) is 0.600. The summed E-state index contributed by atoms with van der Waals surface area (Å²) in [5, 5.41) is 9.28. The zero-order chi connectivity index (χ0) is 14.7. The minimum absolute atomic E-state index is 0.299. The number of carbonyl (C=O) groups is 1. The van der Waals surface area contributed by atoms with Crippen LogP contribution in [0.3, 0.4) is 0 Å². The van der Waals surface area contributed by atoms with E-state index in [4.69, 9.17) is 0 Å². The van der Waals surface area contributed by atoms with Gasteiger partial charge in [0.15, 0.2) is 0 Å². The topological polar surface area (TPSA) is 56.7 Å². The van der Waals surface area contributed by atoms with Crippen molar-refractivity contribution < 1.29 is 9.90 Å². The number of pyridine rings is 1. The molecule has 0 bridgehead atoms. The minimum atomic E-state index is -0.905. The fourth-order valence-corrected chi connectivity index (χ4v) is 2.61. The third-order valence-electron chi connectivity index (χ3n) is 3.54. The number of rotatable bonds is 4. The molecule has 0 amide bonds. The van der Waals surface area contributed by atoms with Gasteiger partial charge in [-0.1, -0.05) is 13.8 Å². The normalized spacial score (nSPS) is 16.7. The Labute approximate surface area is 120 Å². The maximum Gasteiger partial charge on any atom is 0.339 e. The third kappa shape index (κ3) is 3.48. The Kier molecular flexibility index (Phi) is 4.60. The van der Waals surface area contributed by atoms with Crippen LogP contribution in [0.4, 0.5) is 5.82 Å². The number of anilines is 1. The Bertz CT molecular complexity index is 480. The number of piperazine rings is 1. The van der Waals surface area contributed by atoms with E-state index >= 15 is 0 Å².